The molecule has 0 saturated carbocycles. The van der Waals surface area contributed by atoms with Gasteiger partial charge >= 0.3 is 5.97 Å². The van der Waals surface area contributed by atoms with Crippen LogP contribution in [0.1, 0.15) is 40.7 Å². The monoisotopic (exact) mass is 405 g/mol. The van der Waals surface area contributed by atoms with Crippen molar-refractivity contribution in [1.29, 1.82) is 0 Å². The normalized spacial score (nSPS) is 16.1. The van der Waals surface area contributed by atoms with Crippen LogP contribution in [0.3, 0.4) is 0 Å². The van der Waals surface area contributed by atoms with Crippen LogP contribution in [0.5, 0.6) is 0 Å². The first kappa shape index (κ1) is 18.0. The highest BCUT2D eigenvalue weighted by Crippen LogP contribution is 2.32. The molecule has 0 aliphatic heterocycles. The third-order valence-corrected chi connectivity index (χ3v) is 6.17. The number of pyridine rings is 1. The minimum atomic E-state index is -0.387. The molecule has 0 N–H and O–H groups in total. The van der Waals surface area contributed by atoms with E-state index in [0.717, 1.165) is 41.4 Å². The van der Waals surface area contributed by atoms with E-state index in [1.54, 1.807) is 11.6 Å². The molecule has 0 saturated heterocycles. The maximum Gasteiger partial charge on any atom is 0.339 e. The fourth-order valence-corrected chi connectivity index (χ4v) is 4.71. The number of hydrogen-bond donors (Lipinski definition) is 0. The zero-order valence-electron chi connectivity index (χ0n) is 15.9. The van der Waals surface area contributed by atoms with Crippen LogP contribution in [0.15, 0.2) is 46.7 Å². The summed E-state index contributed by atoms with van der Waals surface area (Å²) in [5, 5.41) is 2.61. The number of aromatic nitrogens is 3. The lowest BCUT2D eigenvalue weighted by molar-refractivity contribution is 0.0468. The molecule has 146 valence electrons. The molecule has 0 unspecified atom stereocenters. The van der Waals surface area contributed by atoms with E-state index in [1.165, 1.54) is 21.8 Å². The summed E-state index contributed by atoms with van der Waals surface area (Å²) in [6.07, 6.45) is 4.44. The van der Waals surface area contributed by atoms with Gasteiger partial charge in [-0.3, -0.25) is 14.2 Å². The van der Waals surface area contributed by atoms with Crippen molar-refractivity contribution >= 4 is 33.2 Å². The Kier molecular flexibility index (Phi) is 4.39. The highest BCUT2D eigenvalue weighted by molar-refractivity contribution is 7.15. The van der Waals surface area contributed by atoms with Crippen LogP contribution < -0.4 is 5.56 Å². The first-order valence-corrected chi connectivity index (χ1v) is 10.5. The van der Waals surface area contributed by atoms with Crippen LogP contribution in [0.2, 0.25) is 0 Å². The van der Waals surface area contributed by atoms with Crippen LogP contribution >= 0.6 is 11.3 Å². The van der Waals surface area contributed by atoms with Gasteiger partial charge in [0.05, 0.1) is 16.8 Å². The summed E-state index contributed by atoms with van der Waals surface area (Å²) in [5.74, 6) is 0.113. The molecular formula is C22H19N3O3S. The number of para-hydroxylation sites is 1. The summed E-state index contributed by atoms with van der Waals surface area (Å²) in [7, 11) is 0. The molecule has 6 nitrogen and oxygen atoms in total. The highest BCUT2D eigenvalue weighted by Gasteiger charge is 2.26. The number of benzene rings is 1. The van der Waals surface area contributed by atoms with Crippen molar-refractivity contribution in [3.8, 4) is 0 Å². The highest BCUT2D eigenvalue weighted by atomic mass is 32.1. The standard InChI is InChI=1S/C22H19N3O3S/c1-13-6-7-18-16(10-13)20(15-4-2-3-5-17(15)24-18)21(27)28-12-14-11-19(26)25-8-9-29-22(25)23-14/h2-5,8-9,11,13H,6-7,10,12H2,1H3/t13-/m1/s1. The number of thiazole rings is 1. The lowest BCUT2D eigenvalue weighted by Gasteiger charge is -2.24. The summed E-state index contributed by atoms with van der Waals surface area (Å²) in [6.45, 7) is 2.16. The second-order valence-corrected chi connectivity index (χ2v) is 8.37. The van der Waals surface area contributed by atoms with Crippen LogP contribution in [-0.2, 0) is 24.2 Å². The molecule has 0 radical (unpaired) electrons. The molecule has 5 rings (SSSR count). The first-order chi connectivity index (χ1) is 14.1. The smallest absolute Gasteiger partial charge is 0.339 e. The second-order valence-electron chi connectivity index (χ2n) is 7.49. The number of esters is 1. The van der Waals surface area contributed by atoms with Crippen LogP contribution in [0, 0.1) is 5.92 Å². The van der Waals surface area contributed by atoms with Gasteiger partial charge in [0.1, 0.15) is 6.61 Å². The van der Waals surface area contributed by atoms with Crippen molar-refractivity contribution in [2.75, 3.05) is 0 Å². The summed E-state index contributed by atoms with van der Waals surface area (Å²) in [6, 6.07) is 9.09. The molecule has 0 bridgehead atoms. The molecule has 0 spiro atoms. The van der Waals surface area contributed by atoms with Crippen molar-refractivity contribution in [1.82, 2.24) is 14.4 Å². The molecule has 0 fully saturated rings. The predicted octanol–water partition coefficient (Wildman–Crippen LogP) is 3.79. The van der Waals surface area contributed by atoms with Gasteiger partial charge in [-0.1, -0.05) is 25.1 Å². The number of rotatable bonds is 3. The van der Waals surface area contributed by atoms with Crippen molar-refractivity contribution in [2.24, 2.45) is 5.92 Å². The zero-order valence-corrected chi connectivity index (χ0v) is 16.7. The first-order valence-electron chi connectivity index (χ1n) is 9.63. The Morgan fingerprint density at radius 3 is 3.07 bits per heavy atom. The minimum absolute atomic E-state index is 0.0382. The lowest BCUT2D eigenvalue weighted by atomic mass is 9.84. The van der Waals surface area contributed by atoms with E-state index in [9.17, 15) is 9.59 Å². The Morgan fingerprint density at radius 1 is 1.31 bits per heavy atom. The van der Waals surface area contributed by atoms with E-state index >= 15 is 0 Å². The number of nitrogens with zero attached hydrogens (tertiary/aromatic N) is 3. The van der Waals surface area contributed by atoms with Crippen molar-refractivity contribution < 1.29 is 9.53 Å². The summed E-state index contributed by atoms with van der Waals surface area (Å²) >= 11 is 1.37. The maximum atomic E-state index is 13.2. The molecule has 29 heavy (non-hydrogen) atoms. The van der Waals surface area contributed by atoms with Gasteiger partial charge in [0.15, 0.2) is 4.96 Å². The summed E-state index contributed by atoms with van der Waals surface area (Å²) < 4.78 is 7.11. The van der Waals surface area contributed by atoms with Crippen LogP contribution in [0.4, 0.5) is 0 Å². The molecule has 1 aliphatic rings. The summed E-state index contributed by atoms with van der Waals surface area (Å²) in [5.41, 5.74) is 3.67. The fraction of sp³-hybridized carbons (Fsp3) is 0.273. The molecule has 1 aromatic carbocycles. The topological polar surface area (TPSA) is 73.6 Å². The molecule has 0 amide bonds. The number of aryl methyl sites for hydroxylation is 1. The average molecular weight is 405 g/mol. The van der Waals surface area contributed by atoms with Crippen LogP contribution in [0.25, 0.3) is 15.9 Å². The van der Waals surface area contributed by atoms with Gasteiger partial charge in [0, 0.05) is 28.7 Å². The maximum absolute atomic E-state index is 13.2. The Balaban J connectivity index is 1.51. The van der Waals surface area contributed by atoms with Gasteiger partial charge < -0.3 is 4.74 Å². The Hall–Kier alpha value is -3.06. The largest absolute Gasteiger partial charge is 0.456 e. The van der Waals surface area contributed by atoms with Crippen molar-refractivity contribution in [3.63, 3.8) is 0 Å². The Bertz CT molecular complexity index is 1310. The van der Waals surface area contributed by atoms with E-state index in [1.807, 2.05) is 24.3 Å². The number of ether oxygens (including phenoxy) is 1. The minimum Gasteiger partial charge on any atom is -0.456 e. The predicted molar refractivity (Wildman–Crippen MR) is 111 cm³/mol. The van der Waals surface area contributed by atoms with Crippen LogP contribution in [-0.4, -0.2) is 20.3 Å². The van der Waals surface area contributed by atoms with E-state index in [2.05, 4.69) is 11.9 Å². The average Bonchev–Trinajstić information content (AvgIpc) is 3.19. The van der Waals surface area contributed by atoms with Crippen molar-refractivity contribution in [3.05, 3.63) is 74.8 Å². The molecular weight excluding hydrogens is 386 g/mol. The SMILES string of the molecule is C[C@@H]1CCc2nc3ccccc3c(C(=O)OCc3cc(=O)n4ccsc4n3)c2C1. The van der Waals surface area contributed by atoms with Gasteiger partial charge in [0.25, 0.3) is 5.56 Å². The van der Waals surface area contributed by atoms with Crippen molar-refractivity contribution in [2.45, 2.75) is 32.8 Å². The molecule has 1 atom stereocenters. The van der Waals surface area contributed by atoms with Gasteiger partial charge in [-0.05, 0) is 36.8 Å². The quantitative estimate of drug-likeness (QED) is 0.485. The zero-order chi connectivity index (χ0) is 20.0. The third-order valence-electron chi connectivity index (χ3n) is 5.42. The fourth-order valence-electron chi connectivity index (χ4n) is 3.97. The van der Waals surface area contributed by atoms with Gasteiger partial charge in [-0.15, -0.1) is 11.3 Å². The molecule has 7 heteroatoms. The van der Waals surface area contributed by atoms with E-state index in [0.29, 0.717) is 22.1 Å². The number of carbonyl (C=O) groups excluding carboxylic acids is 1. The van der Waals surface area contributed by atoms with E-state index < -0.39 is 0 Å². The number of hydrogen-bond acceptors (Lipinski definition) is 6. The molecule has 1 aliphatic carbocycles. The van der Waals surface area contributed by atoms with E-state index in [4.69, 9.17) is 9.72 Å². The molecule has 3 aromatic heterocycles. The summed E-state index contributed by atoms with van der Waals surface area (Å²) in [4.78, 5) is 35.1. The lowest BCUT2D eigenvalue weighted by Crippen LogP contribution is -2.20. The number of fused-ring (bicyclic) bond motifs is 3. The van der Waals surface area contributed by atoms with Gasteiger partial charge in [-0.25, -0.2) is 9.78 Å². The number of carbonyl (C=O) groups is 1. The third kappa shape index (κ3) is 3.21. The van der Waals surface area contributed by atoms with E-state index in [-0.39, 0.29) is 18.1 Å². The van der Waals surface area contributed by atoms with Gasteiger partial charge in [0.2, 0.25) is 0 Å². The Morgan fingerprint density at radius 2 is 2.17 bits per heavy atom. The van der Waals surface area contributed by atoms with Gasteiger partial charge in [-0.2, -0.15) is 0 Å². The Labute approximate surface area is 170 Å². The molecule has 3 heterocycles. The molecule has 4 aromatic rings. The second kappa shape index (κ2) is 7.08.